The van der Waals surface area contributed by atoms with Crippen LogP contribution in [0.5, 0.6) is 0 Å². The van der Waals surface area contributed by atoms with Gasteiger partial charge in [0.05, 0.1) is 6.04 Å². The summed E-state index contributed by atoms with van der Waals surface area (Å²) >= 11 is 5.88. The molecule has 5 nitrogen and oxygen atoms in total. The van der Waals surface area contributed by atoms with E-state index in [9.17, 15) is 4.79 Å². The quantitative estimate of drug-likeness (QED) is 0.858. The van der Waals surface area contributed by atoms with Gasteiger partial charge in [-0.1, -0.05) is 20.3 Å². The zero-order valence-corrected chi connectivity index (χ0v) is 11.6. The lowest BCUT2D eigenvalue weighted by molar-refractivity contribution is 0.0904. The number of nitrogens with zero attached hydrogens (tertiary/aromatic N) is 3. The molecule has 3 heterocycles. The molecule has 0 bridgehead atoms. The molecule has 2 atom stereocenters. The summed E-state index contributed by atoms with van der Waals surface area (Å²) in [6.45, 7) is 4.96. The van der Waals surface area contributed by atoms with Gasteiger partial charge in [0, 0.05) is 18.1 Å². The average Bonchev–Trinajstić information content (AvgIpc) is 2.78. The molecule has 1 amide bonds. The van der Waals surface area contributed by atoms with Gasteiger partial charge in [0.1, 0.15) is 11.3 Å². The molecule has 0 radical (unpaired) electrons. The first-order valence-electron chi connectivity index (χ1n) is 6.43. The molecule has 3 rings (SSSR count). The Labute approximate surface area is 116 Å². The van der Waals surface area contributed by atoms with Crippen LogP contribution in [0.4, 0.5) is 0 Å². The molecule has 1 aliphatic rings. The molecule has 1 unspecified atom stereocenters. The topological polar surface area (TPSA) is 59.8 Å². The molecule has 0 spiro atoms. The Morgan fingerprint density at radius 1 is 1.63 bits per heavy atom. The van der Waals surface area contributed by atoms with Gasteiger partial charge in [-0.2, -0.15) is 4.98 Å². The summed E-state index contributed by atoms with van der Waals surface area (Å²) in [6, 6.07) is 2.04. The third-order valence-corrected chi connectivity index (χ3v) is 4.07. The zero-order valence-electron chi connectivity index (χ0n) is 10.9. The molecular weight excluding hydrogens is 264 g/mol. The van der Waals surface area contributed by atoms with E-state index in [0.717, 1.165) is 17.5 Å². The van der Waals surface area contributed by atoms with Gasteiger partial charge in [0.2, 0.25) is 5.28 Å². The smallest absolute Gasteiger partial charge is 0.268 e. The Hall–Kier alpha value is -1.62. The molecule has 2 aromatic heterocycles. The second-order valence-corrected chi connectivity index (χ2v) is 5.32. The van der Waals surface area contributed by atoms with Gasteiger partial charge in [-0.05, 0) is 23.6 Å². The van der Waals surface area contributed by atoms with Crippen LogP contribution in [0.1, 0.15) is 36.8 Å². The van der Waals surface area contributed by atoms with Crippen molar-refractivity contribution in [2.45, 2.75) is 26.3 Å². The van der Waals surface area contributed by atoms with Crippen molar-refractivity contribution < 1.29 is 4.79 Å². The van der Waals surface area contributed by atoms with Crippen LogP contribution in [0.15, 0.2) is 12.3 Å². The SMILES string of the molecule is CC[C@H](C)C1CNC(=O)c2cc3cnc(Cl)nc3n21. The molecule has 19 heavy (non-hydrogen) atoms. The summed E-state index contributed by atoms with van der Waals surface area (Å²) in [4.78, 5) is 20.2. The first-order chi connectivity index (χ1) is 9.11. The highest BCUT2D eigenvalue weighted by Crippen LogP contribution is 2.31. The summed E-state index contributed by atoms with van der Waals surface area (Å²) in [5, 5.41) is 4.00. The Bertz CT molecular complexity index is 651. The molecule has 2 aromatic rings. The number of halogens is 1. The third-order valence-electron chi connectivity index (χ3n) is 3.88. The Kier molecular flexibility index (Phi) is 2.93. The number of hydrogen-bond acceptors (Lipinski definition) is 3. The van der Waals surface area contributed by atoms with E-state index in [4.69, 9.17) is 11.6 Å². The molecular formula is C13H15ClN4O. The predicted octanol–water partition coefficient (Wildman–Crippen LogP) is 2.42. The number of nitrogens with one attached hydrogen (secondary N) is 1. The van der Waals surface area contributed by atoms with Crippen molar-refractivity contribution in [3.63, 3.8) is 0 Å². The fourth-order valence-electron chi connectivity index (χ4n) is 2.60. The maximum atomic E-state index is 12.0. The second-order valence-electron chi connectivity index (χ2n) is 4.98. The van der Waals surface area contributed by atoms with Crippen LogP contribution < -0.4 is 5.32 Å². The van der Waals surface area contributed by atoms with Gasteiger partial charge in [-0.25, -0.2) is 4.98 Å². The Morgan fingerprint density at radius 3 is 3.16 bits per heavy atom. The van der Waals surface area contributed by atoms with E-state index < -0.39 is 0 Å². The predicted molar refractivity (Wildman–Crippen MR) is 73.4 cm³/mol. The monoisotopic (exact) mass is 278 g/mol. The fourth-order valence-corrected chi connectivity index (χ4v) is 2.73. The Balaban J connectivity index is 2.25. The number of carbonyl (C=O) groups excluding carboxylic acids is 1. The van der Waals surface area contributed by atoms with E-state index in [-0.39, 0.29) is 17.2 Å². The first kappa shape index (κ1) is 12.4. The summed E-state index contributed by atoms with van der Waals surface area (Å²) in [6.07, 6.45) is 2.70. The minimum atomic E-state index is -0.0614. The van der Waals surface area contributed by atoms with Crippen molar-refractivity contribution in [2.24, 2.45) is 5.92 Å². The normalized spacial score (nSPS) is 20.2. The number of rotatable bonds is 2. The molecule has 0 saturated heterocycles. The van der Waals surface area contributed by atoms with Crippen LogP contribution >= 0.6 is 11.6 Å². The van der Waals surface area contributed by atoms with E-state index in [1.54, 1.807) is 6.20 Å². The standard InChI is InChI=1S/C13H15ClN4O/c1-3-7(2)10-6-15-12(19)9-4-8-5-16-13(14)17-11(8)18(9)10/h4-5,7,10H,3,6H2,1-2H3,(H,15,19)/t7-,10?/m0/s1. The van der Waals surface area contributed by atoms with Crippen molar-refractivity contribution in [3.05, 3.63) is 23.2 Å². The van der Waals surface area contributed by atoms with Crippen molar-refractivity contribution >= 4 is 28.5 Å². The lowest BCUT2D eigenvalue weighted by Gasteiger charge is -2.31. The van der Waals surface area contributed by atoms with E-state index in [2.05, 4.69) is 29.1 Å². The van der Waals surface area contributed by atoms with Crippen LogP contribution in [0.2, 0.25) is 5.28 Å². The van der Waals surface area contributed by atoms with Crippen molar-refractivity contribution in [3.8, 4) is 0 Å². The maximum absolute atomic E-state index is 12.0. The summed E-state index contributed by atoms with van der Waals surface area (Å²) in [5.74, 6) is 0.386. The maximum Gasteiger partial charge on any atom is 0.268 e. The lowest BCUT2D eigenvalue weighted by Crippen LogP contribution is -2.41. The summed E-state index contributed by atoms with van der Waals surface area (Å²) < 4.78 is 2.01. The van der Waals surface area contributed by atoms with E-state index in [1.807, 2.05) is 10.6 Å². The molecule has 0 saturated carbocycles. The molecule has 0 aliphatic carbocycles. The highest BCUT2D eigenvalue weighted by atomic mass is 35.5. The number of hydrogen-bond donors (Lipinski definition) is 1. The number of carbonyl (C=O) groups is 1. The van der Waals surface area contributed by atoms with Gasteiger partial charge in [-0.3, -0.25) is 4.79 Å². The molecule has 1 aliphatic heterocycles. The van der Waals surface area contributed by atoms with Gasteiger partial charge >= 0.3 is 0 Å². The van der Waals surface area contributed by atoms with Crippen molar-refractivity contribution in [1.29, 1.82) is 0 Å². The molecule has 1 N–H and O–H groups in total. The van der Waals surface area contributed by atoms with Gasteiger partial charge < -0.3 is 9.88 Å². The van der Waals surface area contributed by atoms with E-state index in [0.29, 0.717) is 18.2 Å². The second kappa shape index (κ2) is 4.49. The van der Waals surface area contributed by atoms with E-state index in [1.165, 1.54) is 0 Å². The number of amides is 1. The molecule has 0 aromatic carbocycles. The van der Waals surface area contributed by atoms with Gasteiger partial charge in [-0.15, -0.1) is 0 Å². The summed E-state index contributed by atoms with van der Waals surface area (Å²) in [7, 11) is 0. The minimum Gasteiger partial charge on any atom is -0.349 e. The summed E-state index contributed by atoms with van der Waals surface area (Å²) in [5.41, 5.74) is 1.39. The molecule has 6 heteroatoms. The van der Waals surface area contributed by atoms with Crippen LogP contribution in [0, 0.1) is 5.92 Å². The van der Waals surface area contributed by atoms with Gasteiger partial charge in [0.25, 0.3) is 5.91 Å². The van der Waals surface area contributed by atoms with Crippen LogP contribution in [-0.4, -0.2) is 27.0 Å². The van der Waals surface area contributed by atoms with Gasteiger partial charge in [0.15, 0.2) is 0 Å². The van der Waals surface area contributed by atoms with Crippen LogP contribution in [0.25, 0.3) is 11.0 Å². The average molecular weight is 279 g/mol. The largest absolute Gasteiger partial charge is 0.349 e. The first-order valence-corrected chi connectivity index (χ1v) is 6.81. The number of aromatic nitrogens is 3. The molecule has 0 fully saturated rings. The van der Waals surface area contributed by atoms with Crippen LogP contribution in [-0.2, 0) is 0 Å². The van der Waals surface area contributed by atoms with Crippen LogP contribution in [0.3, 0.4) is 0 Å². The van der Waals surface area contributed by atoms with Crippen molar-refractivity contribution in [1.82, 2.24) is 19.9 Å². The third kappa shape index (κ3) is 1.89. The van der Waals surface area contributed by atoms with E-state index >= 15 is 0 Å². The zero-order chi connectivity index (χ0) is 13.6. The Morgan fingerprint density at radius 2 is 2.42 bits per heavy atom. The highest BCUT2D eigenvalue weighted by Gasteiger charge is 2.30. The van der Waals surface area contributed by atoms with Crippen molar-refractivity contribution in [2.75, 3.05) is 6.54 Å². The number of fused-ring (bicyclic) bond motifs is 3. The lowest BCUT2D eigenvalue weighted by atomic mass is 9.97. The fraction of sp³-hybridized carbons (Fsp3) is 0.462. The molecule has 100 valence electrons. The highest BCUT2D eigenvalue weighted by molar-refractivity contribution is 6.28. The minimum absolute atomic E-state index is 0.0614.